The maximum atomic E-state index is 12.1. The number of pyridine rings is 1. The number of fused-ring (bicyclic) bond motifs is 1. The zero-order valence-corrected chi connectivity index (χ0v) is 11.3. The molecule has 2 aromatic heterocycles. The van der Waals surface area contributed by atoms with E-state index in [9.17, 15) is 4.79 Å². The maximum absolute atomic E-state index is 12.1. The van der Waals surface area contributed by atoms with E-state index < -0.39 is 0 Å². The van der Waals surface area contributed by atoms with Crippen LogP contribution < -0.4 is 15.6 Å². The molecule has 1 aliphatic heterocycles. The fourth-order valence-electron chi connectivity index (χ4n) is 2.29. The van der Waals surface area contributed by atoms with E-state index in [1.807, 2.05) is 12.1 Å². The molecule has 20 heavy (non-hydrogen) atoms. The van der Waals surface area contributed by atoms with Gasteiger partial charge in [0.15, 0.2) is 0 Å². The molecule has 0 unspecified atom stereocenters. The standard InChI is InChI=1S/C14H16N4O2/c1-20-13-4-2-3-11(16-13)9-18-14(19)7-10-8-15-6-5-12(10)17-18/h2-4,7,15H,5-6,8-9H2,1H3. The van der Waals surface area contributed by atoms with E-state index in [1.54, 1.807) is 19.2 Å². The van der Waals surface area contributed by atoms with Gasteiger partial charge in [0.25, 0.3) is 5.56 Å². The number of aromatic nitrogens is 3. The third-order valence-corrected chi connectivity index (χ3v) is 3.32. The molecule has 104 valence electrons. The van der Waals surface area contributed by atoms with E-state index in [2.05, 4.69) is 15.4 Å². The van der Waals surface area contributed by atoms with Crippen LogP contribution in [-0.4, -0.2) is 28.4 Å². The molecule has 0 saturated carbocycles. The first-order valence-corrected chi connectivity index (χ1v) is 6.57. The summed E-state index contributed by atoms with van der Waals surface area (Å²) in [6.07, 6.45) is 0.848. The zero-order valence-electron chi connectivity index (χ0n) is 11.3. The maximum Gasteiger partial charge on any atom is 0.267 e. The van der Waals surface area contributed by atoms with Crippen LogP contribution in [0.15, 0.2) is 29.1 Å². The van der Waals surface area contributed by atoms with Crippen molar-refractivity contribution < 1.29 is 4.74 Å². The topological polar surface area (TPSA) is 69.0 Å². The minimum Gasteiger partial charge on any atom is -0.481 e. The summed E-state index contributed by atoms with van der Waals surface area (Å²) in [5.41, 5.74) is 2.65. The zero-order chi connectivity index (χ0) is 13.9. The molecule has 0 aliphatic carbocycles. The summed E-state index contributed by atoms with van der Waals surface area (Å²) in [5.74, 6) is 0.540. The van der Waals surface area contributed by atoms with Gasteiger partial charge in [-0.3, -0.25) is 4.79 Å². The summed E-state index contributed by atoms with van der Waals surface area (Å²) in [6, 6.07) is 7.15. The highest BCUT2D eigenvalue weighted by molar-refractivity contribution is 5.21. The number of nitrogens with zero attached hydrogens (tertiary/aromatic N) is 3. The van der Waals surface area contributed by atoms with Crippen molar-refractivity contribution in [2.45, 2.75) is 19.5 Å². The van der Waals surface area contributed by atoms with Gasteiger partial charge in [-0.2, -0.15) is 5.10 Å². The van der Waals surface area contributed by atoms with Crippen molar-refractivity contribution in [2.75, 3.05) is 13.7 Å². The van der Waals surface area contributed by atoms with E-state index >= 15 is 0 Å². The van der Waals surface area contributed by atoms with E-state index in [4.69, 9.17) is 4.74 Å². The van der Waals surface area contributed by atoms with Crippen LogP contribution >= 0.6 is 0 Å². The fourth-order valence-corrected chi connectivity index (χ4v) is 2.29. The van der Waals surface area contributed by atoms with Crippen molar-refractivity contribution in [3.05, 3.63) is 51.6 Å². The van der Waals surface area contributed by atoms with E-state index in [-0.39, 0.29) is 5.56 Å². The number of rotatable bonds is 3. The van der Waals surface area contributed by atoms with Gasteiger partial charge in [0.05, 0.1) is 25.0 Å². The number of hydrogen-bond donors (Lipinski definition) is 1. The van der Waals surface area contributed by atoms with Crippen LogP contribution in [0.5, 0.6) is 5.88 Å². The highest BCUT2D eigenvalue weighted by atomic mass is 16.5. The van der Waals surface area contributed by atoms with Crippen molar-refractivity contribution in [1.29, 1.82) is 0 Å². The summed E-state index contributed by atoms with van der Waals surface area (Å²) in [7, 11) is 1.57. The second-order valence-electron chi connectivity index (χ2n) is 4.71. The predicted molar refractivity (Wildman–Crippen MR) is 73.8 cm³/mol. The average Bonchev–Trinajstić information content (AvgIpc) is 2.48. The predicted octanol–water partition coefficient (Wildman–Crippen LogP) is 0.341. The molecule has 6 nitrogen and oxygen atoms in total. The summed E-state index contributed by atoms with van der Waals surface area (Å²) in [6.45, 7) is 1.97. The molecular formula is C14H16N4O2. The monoisotopic (exact) mass is 272 g/mol. The first kappa shape index (κ1) is 12.8. The van der Waals surface area contributed by atoms with Crippen LogP contribution in [0.25, 0.3) is 0 Å². The highest BCUT2D eigenvalue weighted by Crippen LogP contribution is 2.10. The molecule has 6 heteroatoms. The molecule has 0 atom stereocenters. The lowest BCUT2D eigenvalue weighted by atomic mass is 10.1. The van der Waals surface area contributed by atoms with Crippen molar-refractivity contribution in [3.63, 3.8) is 0 Å². The normalized spacial score (nSPS) is 13.8. The quantitative estimate of drug-likeness (QED) is 0.872. The molecule has 0 spiro atoms. The molecule has 3 heterocycles. The van der Waals surface area contributed by atoms with Gasteiger partial charge in [-0.15, -0.1) is 0 Å². The Balaban J connectivity index is 1.92. The van der Waals surface area contributed by atoms with E-state index in [0.29, 0.717) is 12.4 Å². The smallest absolute Gasteiger partial charge is 0.267 e. The first-order chi connectivity index (χ1) is 9.76. The van der Waals surface area contributed by atoms with E-state index in [1.165, 1.54) is 4.68 Å². The van der Waals surface area contributed by atoms with Gasteiger partial charge in [0.2, 0.25) is 5.88 Å². The third kappa shape index (κ3) is 2.55. The van der Waals surface area contributed by atoms with Crippen LogP contribution in [0.1, 0.15) is 17.0 Å². The lowest BCUT2D eigenvalue weighted by Gasteiger charge is -2.17. The highest BCUT2D eigenvalue weighted by Gasteiger charge is 2.13. The lowest BCUT2D eigenvalue weighted by molar-refractivity contribution is 0.395. The molecule has 2 aromatic rings. The van der Waals surface area contributed by atoms with Crippen molar-refractivity contribution in [2.24, 2.45) is 0 Å². The Labute approximate surface area is 116 Å². The van der Waals surface area contributed by atoms with Crippen LogP contribution in [-0.2, 0) is 19.5 Å². The molecule has 1 aliphatic rings. The molecular weight excluding hydrogens is 256 g/mol. The number of hydrogen-bond acceptors (Lipinski definition) is 5. The summed E-state index contributed by atoms with van der Waals surface area (Å²) >= 11 is 0. The Hall–Kier alpha value is -2.21. The third-order valence-electron chi connectivity index (χ3n) is 3.32. The largest absolute Gasteiger partial charge is 0.481 e. The molecule has 0 aromatic carbocycles. The fraction of sp³-hybridized carbons (Fsp3) is 0.357. The Morgan fingerprint density at radius 1 is 1.45 bits per heavy atom. The summed E-state index contributed by atoms with van der Waals surface area (Å²) in [4.78, 5) is 16.4. The molecule has 0 fully saturated rings. The van der Waals surface area contributed by atoms with Crippen LogP contribution in [0, 0.1) is 0 Å². The number of nitrogens with one attached hydrogen (secondary N) is 1. The van der Waals surface area contributed by atoms with Crippen molar-refractivity contribution >= 4 is 0 Å². The first-order valence-electron chi connectivity index (χ1n) is 6.57. The minimum absolute atomic E-state index is 0.0999. The average molecular weight is 272 g/mol. The van der Waals surface area contributed by atoms with Gasteiger partial charge in [-0.05, 0) is 11.6 Å². The summed E-state index contributed by atoms with van der Waals surface area (Å²) in [5, 5.41) is 7.68. The molecule has 0 saturated heterocycles. The number of methoxy groups -OCH3 is 1. The Bertz CT molecular complexity index is 681. The lowest BCUT2D eigenvalue weighted by Crippen LogP contribution is -2.32. The molecule has 0 radical (unpaired) electrons. The van der Waals surface area contributed by atoms with Gasteiger partial charge < -0.3 is 10.1 Å². The molecule has 0 bridgehead atoms. The van der Waals surface area contributed by atoms with Gasteiger partial charge in [0.1, 0.15) is 0 Å². The van der Waals surface area contributed by atoms with Gasteiger partial charge in [-0.25, -0.2) is 9.67 Å². The van der Waals surface area contributed by atoms with Crippen LogP contribution in [0.4, 0.5) is 0 Å². The van der Waals surface area contributed by atoms with Crippen LogP contribution in [0.2, 0.25) is 0 Å². The second kappa shape index (κ2) is 5.42. The Morgan fingerprint density at radius 3 is 3.20 bits per heavy atom. The minimum atomic E-state index is -0.0999. The Kier molecular flexibility index (Phi) is 3.47. The molecule has 0 amide bonds. The SMILES string of the molecule is COc1cccc(Cn2nc3c(cc2=O)CNCC3)n1. The van der Waals surface area contributed by atoms with Gasteiger partial charge in [0, 0.05) is 31.6 Å². The van der Waals surface area contributed by atoms with Crippen molar-refractivity contribution in [1.82, 2.24) is 20.1 Å². The second-order valence-corrected chi connectivity index (χ2v) is 4.71. The molecule has 1 N–H and O–H groups in total. The summed E-state index contributed by atoms with van der Waals surface area (Å²) < 4.78 is 6.55. The number of ether oxygens (including phenoxy) is 1. The van der Waals surface area contributed by atoms with Crippen molar-refractivity contribution in [3.8, 4) is 5.88 Å². The van der Waals surface area contributed by atoms with Gasteiger partial charge >= 0.3 is 0 Å². The molecule has 3 rings (SSSR count). The van der Waals surface area contributed by atoms with Gasteiger partial charge in [-0.1, -0.05) is 6.07 Å². The van der Waals surface area contributed by atoms with E-state index in [0.717, 1.165) is 36.5 Å². The van der Waals surface area contributed by atoms with Crippen LogP contribution in [0.3, 0.4) is 0 Å². The Morgan fingerprint density at radius 2 is 2.35 bits per heavy atom.